The third kappa shape index (κ3) is 4.99. The molecule has 0 spiro atoms. The highest BCUT2D eigenvalue weighted by Crippen LogP contribution is 2.33. The summed E-state index contributed by atoms with van der Waals surface area (Å²) in [6.45, 7) is 6.20. The quantitative estimate of drug-likeness (QED) is 0.571. The number of nitriles is 1. The predicted molar refractivity (Wildman–Crippen MR) is 116 cm³/mol. The maximum absolute atomic E-state index is 9.34. The first-order valence-corrected chi connectivity index (χ1v) is 10.3. The Morgan fingerprint density at radius 3 is 2.56 bits per heavy atom. The first kappa shape index (κ1) is 21.6. The van der Waals surface area contributed by atoms with E-state index in [2.05, 4.69) is 32.9 Å². The maximum Gasteiger partial charge on any atom is 0.226 e. The van der Waals surface area contributed by atoms with Crippen LogP contribution in [0.3, 0.4) is 0 Å². The molecule has 1 aliphatic rings. The van der Waals surface area contributed by atoms with Crippen molar-refractivity contribution in [3.63, 3.8) is 0 Å². The van der Waals surface area contributed by atoms with E-state index in [0.29, 0.717) is 73.1 Å². The van der Waals surface area contributed by atoms with Crippen LogP contribution in [-0.2, 0) is 11.2 Å². The van der Waals surface area contributed by atoms with Crippen LogP contribution in [0.2, 0.25) is 0 Å². The van der Waals surface area contributed by atoms with Crippen LogP contribution >= 0.6 is 0 Å². The molecule has 1 fully saturated rings. The molecule has 0 atom stereocenters. The molecule has 2 aromatic heterocycles. The van der Waals surface area contributed by atoms with Crippen molar-refractivity contribution in [2.75, 3.05) is 26.4 Å². The van der Waals surface area contributed by atoms with E-state index in [1.165, 1.54) is 0 Å². The smallest absolute Gasteiger partial charge is 0.226 e. The second kappa shape index (κ2) is 9.26. The van der Waals surface area contributed by atoms with Gasteiger partial charge in [0.05, 0.1) is 43.1 Å². The van der Waals surface area contributed by atoms with Crippen LogP contribution in [0.15, 0.2) is 36.7 Å². The second-order valence-electron chi connectivity index (χ2n) is 8.06. The molecule has 3 aromatic rings. The lowest BCUT2D eigenvalue weighted by atomic mass is 9.90. The van der Waals surface area contributed by atoms with E-state index in [9.17, 15) is 5.26 Å². The minimum absolute atomic E-state index is 0.0123. The molecule has 0 unspecified atom stereocenters. The predicted octanol–water partition coefficient (Wildman–Crippen LogP) is 2.82. The van der Waals surface area contributed by atoms with Gasteiger partial charge in [0, 0.05) is 17.8 Å². The number of aryl methyl sites for hydroxylation is 1. The van der Waals surface area contributed by atoms with Gasteiger partial charge in [-0.25, -0.2) is 9.97 Å². The molecule has 0 radical (unpaired) electrons. The SMILES string of the molecule is Cc1nc(OCC2(C)COC2)cc(Oc2cc(C#N)ccc2-c2ncc(CCN)cn2)n1. The van der Waals surface area contributed by atoms with Crippen molar-refractivity contribution in [2.24, 2.45) is 11.1 Å². The summed E-state index contributed by atoms with van der Waals surface area (Å²) in [6.07, 6.45) is 4.18. The van der Waals surface area contributed by atoms with E-state index < -0.39 is 0 Å². The van der Waals surface area contributed by atoms with Crippen molar-refractivity contribution in [3.8, 4) is 35.0 Å². The minimum atomic E-state index is -0.0123. The number of ether oxygens (including phenoxy) is 3. The van der Waals surface area contributed by atoms with Gasteiger partial charge in [-0.15, -0.1) is 0 Å². The lowest BCUT2D eigenvalue weighted by molar-refractivity contribution is -0.120. The Bertz CT molecular complexity index is 1140. The lowest BCUT2D eigenvalue weighted by Crippen LogP contribution is -2.44. The topological polar surface area (TPSA) is 129 Å². The average Bonchev–Trinajstić information content (AvgIpc) is 2.77. The summed E-state index contributed by atoms with van der Waals surface area (Å²) in [6, 6.07) is 8.84. The molecule has 0 aliphatic carbocycles. The first-order valence-electron chi connectivity index (χ1n) is 10.3. The van der Waals surface area contributed by atoms with E-state index >= 15 is 0 Å². The van der Waals surface area contributed by atoms with Crippen molar-refractivity contribution in [3.05, 3.63) is 53.6 Å². The fraction of sp³-hybridized carbons (Fsp3) is 0.348. The molecule has 1 aliphatic heterocycles. The minimum Gasteiger partial charge on any atom is -0.477 e. The molecular formula is C23H24N6O3. The van der Waals surface area contributed by atoms with E-state index in [0.717, 1.165) is 5.56 Å². The van der Waals surface area contributed by atoms with Gasteiger partial charge in [0.1, 0.15) is 11.6 Å². The normalized spacial score (nSPS) is 14.3. The van der Waals surface area contributed by atoms with Crippen LogP contribution in [0.1, 0.15) is 23.9 Å². The highest BCUT2D eigenvalue weighted by Gasteiger charge is 2.34. The molecule has 0 bridgehead atoms. The second-order valence-corrected chi connectivity index (χ2v) is 8.06. The van der Waals surface area contributed by atoms with Gasteiger partial charge in [0.15, 0.2) is 5.82 Å². The van der Waals surface area contributed by atoms with Crippen molar-refractivity contribution in [1.29, 1.82) is 5.26 Å². The van der Waals surface area contributed by atoms with Gasteiger partial charge in [-0.2, -0.15) is 15.2 Å². The zero-order chi connectivity index (χ0) is 22.6. The molecule has 3 heterocycles. The van der Waals surface area contributed by atoms with Crippen LogP contribution in [0.25, 0.3) is 11.4 Å². The molecule has 0 saturated carbocycles. The molecular weight excluding hydrogens is 408 g/mol. The highest BCUT2D eigenvalue weighted by molar-refractivity contribution is 5.66. The number of aromatic nitrogens is 4. The van der Waals surface area contributed by atoms with E-state index in [1.54, 1.807) is 43.6 Å². The Labute approximate surface area is 186 Å². The number of nitrogens with two attached hydrogens (primary N) is 1. The van der Waals surface area contributed by atoms with Gasteiger partial charge in [0.25, 0.3) is 0 Å². The molecule has 9 heteroatoms. The number of hydrogen-bond donors (Lipinski definition) is 1. The zero-order valence-electron chi connectivity index (χ0n) is 18.0. The molecule has 164 valence electrons. The fourth-order valence-electron chi connectivity index (χ4n) is 3.19. The standard InChI is InChI=1S/C23H24N6O3/c1-15-28-20(31-14-23(2)12-30-13-23)8-21(29-15)32-19-7-16(9-25)3-4-18(19)22-26-10-17(5-6-24)11-27-22/h3-4,7-8,10-11H,5-6,12-14,24H2,1-2H3. The summed E-state index contributed by atoms with van der Waals surface area (Å²) < 4.78 is 17.2. The molecule has 32 heavy (non-hydrogen) atoms. The van der Waals surface area contributed by atoms with Gasteiger partial charge in [-0.1, -0.05) is 6.92 Å². The number of rotatable bonds is 8. The van der Waals surface area contributed by atoms with Crippen LogP contribution < -0.4 is 15.2 Å². The van der Waals surface area contributed by atoms with Crippen LogP contribution in [0, 0.1) is 23.7 Å². The third-order valence-electron chi connectivity index (χ3n) is 4.96. The number of nitrogens with zero attached hydrogens (tertiary/aromatic N) is 5. The van der Waals surface area contributed by atoms with Crippen LogP contribution in [0.5, 0.6) is 17.5 Å². The fourth-order valence-corrected chi connectivity index (χ4v) is 3.19. The van der Waals surface area contributed by atoms with Gasteiger partial charge in [0.2, 0.25) is 11.8 Å². The van der Waals surface area contributed by atoms with E-state index in [-0.39, 0.29) is 5.41 Å². The van der Waals surface area contributed by atoms with Gasteiger partial charge < -0.3 is 19.9 Å². The number of benzene rings is 1. The van der Waals surface area contributed by atoms with Crippen molar-refractivity contribution < 1.29 is 14.2 Å². The monoisotopic (exact) mass is 432 g/mol. The van der Waals surface area contributed by atoms with Gasteiger partial charge in [-0.3, -0.25) is 0 Å². The first-order chi connectivity index (χ1) is 15.5. The van der Waals surface area contributed by atoms with Crippen molar-refractivity contribution in [2.45, 2.75) is 20.3 Å². The summed E-state index contributed by atoms with van der Waals surface area (Å²) in [7, 11) is 0. The summed E-state index contributed by atoms with van der Waals surface area (Å²) in [5.41, 5.74) is 7.62. The van der Waals surface area contributed by atoms with E-state index in [1.807, 2.05) is 0 Å². The summed E-state index contributed by atoms with van der Waals surface area (Å²) in [5.74, 6) is 2.12. The number of hydrogen-bond acceptors (Lipinski definition) is 9. The van der Waals surface area contributed by atoms with Crippen molar-refractivity contribution in [1.82, 2.24) is 19.9 Å². The molecule has 4 rings (SSSR count). The maximum atomic E-state index is 9.34. The zero-order valence-corrected chi connectivity index (χ0v) is 18.0. The van der Waals surface area contributed by atoms with Crippen LogP contribution in [-0.4, -0.2) is 46.3 Å². The van der Waals surface area contributed by atoms with Crippen LogP contribution in [0.4, 0.5) is 0 Å². The van der Waals surface area contributed by atoms with Gasteiger partial charge in [-0.05, 0) is 43.7 Å². The van der Waals surface area contributed by atoms with Gasteiger partial charge >= 0.3 is 0 Å². The molecule has 2 N–H and O–H groups in total. The average molecular weight is 432 g/mol. The molecule has 1 saturated heterocycles. The summed E-state index contributed by atoms with van der Waals surface area (Å²) in [5, 5.41) is 9.34. The Balaban J connectivity index is 1.61. The largest absolute Gasteiger partial charge is 0.477 e. The Hall–Kier alpha value is -3.61. The Kier molecular flexibility index (Phi) is 6.25. The summed E-state index contributed by atoms with van der Waals surface area (Å²) >= 11 is 0. The molecule has 9 nitrogen and oxygen atoms in total. The Morgan fingerprint density at radius 1 is 1.16 bits per heavy atom. The third-order valence-corrected chi connectivity index (χ3v) is 4.96. The Morgan fingerprint density at radius 2 is 1.91 bits per heavy atom. The highest BCUT2D eigenvalue weighted by atomic mass is 16.5. The molecule has 1 aromatic carbocycles. The lowest BCUT2D eigenvalue weighted by Gasteiger charge is -2.37. The van der Waals surface area contributed by atoms with Crippen molar-refractivity contribution >= 4 is 0 Å². The van der Waals surface area contributed by atoms with E-state index in [4.69, 9.17) is 19.9 Å². The summed E-state index contributed by atoms with van der Waals surface area (Å²) in [4.78, 5) is 17.6. The molecule has 0 amide bonds.